The van der Waals surface area contributed by atoms with Gasteiger partial charge in [0.25, 0.3) is 0 Å². The van der Waals surface area contributed by atoms with E-state index in [0.717, 1.165) is 0 Å². The van der Waals surface area contributed by atoms with Gasteiger partial charge in [0.05, 0.1) is 6.61 Å². The first-order valence-electron chi connectivity index (χ1n) is 5.62. The van der Waals surface area contributed by atoms with Gasteiger partial charge >= 0.3 is 11.9 Å². The third-order valence-corrected chi connectivity index (χ3v) is 1.98. The highest BCUT2D eigenvalue weighted by Gasteiger charge is 2.30. The van der Waals surface area contributed by atoms with Crippen LogP contribution < -0.4 is 0 Å². The van der Waals surface area contributed by atoms with Crippen molar-refractivity contribution >= 4 is 11.9 Å². The van der Waals surface area contributed by atoms with Gasteiger partial charge in [0, 0.05) is 12.8 Å². The summed E-state index contributed by atoms with van der Waals surface area (Å²) in [7, 11) is 0. The van der Waals surface area contributed by atoms with Crippen molar-refractivity contribution in [1.82, 2.24) is 0 Å². The number of cyclic esters (lactones) is 1. The molecule has 0 radical (unpaired) electrons. The Kier molecular flexibility index (Phi) is 8.52. The molecule has 1 aliphatic heterocycles. The highest BCUT2D eigenvalue weighted by atomic mass is 16.6. The molecule has 1 fully saturated rings. The van der Waals surface area contributed by atoms with Crippen molar-refractivity contribution in [3.05, 3.63) is 0 Å². The molecule has 94 valence electrons. The Morgan fingerprint density at radius 2 is 2.12 bits per heavy atom. The molecule has 0 aromatic carbocycles. The molecular formula is C11H20O5. The van der Waals surface area contributed by atoms with Gasteiger partial charge in [0.15, 0.2) is 6.10 Å². The van der Waals surface area contributed by atoms with Gasteiger partial charge in [0.2, 0.25) is 0 Å². The monoisotopic (exact) mass is 232 g/mol. The molecule has 1 rings (SSSR count). The second kappa shape index (κ2) is 9.15. The van der Waals surface area contributed by atoms with Crippen LogP contribution >= 0.6 is 0 Å². The first-order chi connectivity index (χ1) is 7.65. The van der Waals surface area contributed by atoms with Gasteiger partial charge in [-0.2, -0.15) is 0 Å². The van der Waals surface area contributed by atoms with Crippen LogP contribution in [0.15, 0.2) is 0 Å². The number of hydrogen-bond donors (Lipinski definition) is 1. The largest absolute Gasteiger partial charge is 0.461 e. The predicted octanol–water partition coefficient (Wildman–Crippen LogP) is 1.03. The summed E-state index contributed by atoms with van der Waals surface area (Å²) in [4.78, 5) is 21.5. The van der Waals surface area contributed by atoms with Crippen molar-refractivity contribution < 1.29 is 24.2 Å². The molecule has 1 saturated heterocycles. The number of rotatable bonds is 4. The Balaban J connectivity index is 0.000000487. The van der Waals surface area contributed by atoms with E-state index >= 15 is 0 Å². The standard InChI is InChI=1S/C7H10O5.C4H10/c8-3-4-11-7(10)5-1-2-6(9)12-5;1-3-4-2/h5,8H,1-4H2;3-4H2,1-2H3. The molecule has 0 saturated carbocycles. The number of esters is 2. The maximum absolute atomic E-state index is 10.9. The van der Waals surface area contributed by atoms with Crippen molar-refractivity contribution in [2.24, 2.45) is 0 Å². The van der Waals surface area contributed by atoms with Gasteiger partial charge in [-0.05, 0) is 0 Å². The fraction of sp³-hybridized carbons (Fsp3) is 0.818. The number of aliphatic hydroxyl groups is 1. The van der Waals surface area contributed by atoms with Crippen molar-refractivity contribution in [3.8, 4) is 0 Å². The molecule has 16 heavy (non-hydrogen) atoms. The first-order valence-corrected chi connectivity index (χ1v) is 5.62. The highest BCUT2D eigenvalue weighted by molar-refractivity contribution is 5.82. The fourth-order valence-electron chi connectivity index (χ4n) is 0.931. The van der Waals surface area contributed by atoms with Crippen LogP contribution in [-0.4, -0.2) is 36.4 Å². The zero-order chi connectivity index (χ0) is 12.4. The molecule has 1 N–H and O–H groups in total. The minimum Gasteiger partial charge on any atom is -0.461 e. The summed E-state index contributed by atoms with van der Waals surface area (Å²) in [5.41, 5.74) is 0. The number of aliphatic hydroxyl groups excluding tert-OH is 1. The summed E-state index contributed by atoms with van der Waals surface area (Å²) in [6, 6.07) is 0. The third-order valence-electron chi connectivity index (χ3n) is 1.98. The van der Waals surface area contributed by atoms with Crippen LogP contribution in [0.3, 0.4) is 0 Å². The van der Waals surface area contributed by atoms with E-state index in [1.807, 2.05) is 0 Å². The Hall–Kier alpha value is -1.10. The molecule has 1 heterocycles. The Morgan fingerprint density at radius 1 is 1.50 bits per heavy atom. The van der Waals surface area contributed by atoms with Crippen LogP contribution in [0, 0.1) is 0 Å². The molecule has 0 aliphatic carbocycles. The Labute approximate surface area is 95.7 Å². The smallest absolute Gasteiger partial charge is 0.347 e. The SMILES string of the molecule is CCCC.O=C1CCC(C(=O)OCCO)O1. The molecule has 0 spiro atoms. The lowest BCUT2D eigenvalue weighted by Gasteiger charge is -2.07. The first kappa shape index (κ1) is 14.9. The molecule has 1 aliphatic rings. The minimum atomic E-state index is -0.760. The lowest BCUT2D eigenvalue weighted by molar-refractivity contribution is -0.162. The third kappa shape index (κ3) is 6.40. The van der Waals surface area contributed by atoms with Gasteiger partial charge in [-0.3, -0.25) is 4.79 Å². The Bertz CT molecular complexity index is 212. The quantitative estimate of drug-likeness (QED) is 0.733. The van der Waals surface area contributed by atoms with Gasteiger partial charge in [-0.15, -0.1) is 0 Å². The number of ether oxygens (including phenoxy) is 2. The van der Waals surface area contributed by atoms with Crippen molar-refractivity contribution in [2.75, 3.05) is 13.2 Å². The van der Waals surface area contributed by atoms with E-state index in [0.29, 0.717) is 6.42 Å². The van der Waals surface area contributed by atoms with Crippen LogP contribution in [0.25, 0.3) is 0 Å². The summed E-state index contributed by atoms with van der Waals surface area (Å²) < 4.78 is 9.18. The molecule has 0 aromatic rings. The summed E-state index contributed by atoms with van der Waals surface area (Å²) >= 11 is 0. The predicted molar refractivity (Wildman–Crippen MR) is 57.7 cm³/mol. The Morgan fingerprint density at radius 3 is 2.50 bits per heavy atom. The van der Waals surface area contributed by atoms with E-state index in [2.05, 4.69) is 23.3 Å². The summed E-state index contributed by atoms with van der Waals surface area (Å²) in [6.45, 7) is 4.10. The lowest BCUT2D eigenvalue weighted by Crippen LogP contribution is -2.23. The van der Waals surface area contributed by atoms with Crippen molar-refractivity contribution in [3.63, 3.8) is 0 Å². The second-order valence-electron chi connectivity index (χ2n) is 3.41. The normalized spacial score (nSPS) is 18.4. The summed E-state index contributed by atoms with van der Waals surface area (Å²) in [5, 5.41) is 8.32. The maximum Gasteiger partial charge on any atom is 0.347 e. The highest BCUT2D eigenvalue weighted by Crippen LogP contribution is 2.14. The molecule has 0 amide bonds. The lowest BCUT2D eigenvalue weighted by atomic mass is 10.2. The zero-order valence-corrected chi connectivity index (χ0v) is 9.90. The number of unbranched alkanes of at least 4 members (excludes halogenated alkanes) is 1. The summed E-state index contributed by atoms with van der Waals surface area (Å²) in [5.74, 6) is -0.948. The molecule has 0 bridgehead atoms. The number of hydrogen-bond acceptors (Lipinski definition) is 5. The molecule has 0 aromatic heterocycles. The summed E-state index contributed by atoms with van der Waals surface area (Å²) in [6.07, 6.45) is 2.52. The number of carbonyl (C=O) groups is 2. The van der Waals surface area contributed by atoms with Crippen LogP contribution in [0.2, 0.25) is 0 Å². The molecule has 5 heteroatoms. The molecule has 1 unspecified atom stereocenters. The van der Waals surface area contributed by atoms with Gasteiger partial charge in [0.1, 0.15) is 6.61 Å². The van der Waals surface area contributed by atoms with E-state index in [9.17, 15) is 9.59 Å². The van der Waals surface area contributed by atoms with E-state index in [1.54, 1.807) is 0 Å². The van der Waals surface area contributed by atoms with E-state index in [-0.39, 0.29) is 25.6 Å². The van der Waals surface area contributed by atoms with E-state index in [4.69, 9.17) is 5.11 Å². The number of carbonyl (C=O) groups excluding carboxylic acids is 2. The zero-order valence-electron chi connectivity index (χ0n) is 9.90. The van der Waals surface area contributed by atoms with Crippen LogP contribution in [0.1, 0.15) is 39.5 Å². The van der Waals surface area contributed by atoms with Crippen molar-refractivity contribution in [2.45, 2.75) is 45.6 Å². The van der Waals surface area contributed by atoms with Crippen molar-refractivity contribution in [1.29, 1.82) is 0 Å². The molecule has 5 nitrogen and oxygen atoms in total. The van der Waals surface area contributed by atoms with Gasteiger partial charge in [-0.1, -0.05) is 26.7 Å². The van der Waals surface area contributed by atoms with Crippen LogP contribution in [0.5, 0.6) is 0 Å². The van der Waals surface area contributed by atoms with E-state index < -0.39 is 12.1 Å². The fourth-order valence-corrected chi connectivity index (χ4v) is 0.931. The second-order valence-corrected chi connectivity index (χ2v) is 3.41. The average molecular weight is 232 g/mol. The van der Waals surface area contributed by atoms with Crippen LogP contribution in [0.4, 0.5) is 0 Å². The van der Waals surface area contributed by atoms with Crippen LogP contribution in [-0.2, 0) is 19.1 Å². The van der Waals surface area contributed by atoms with E-state index in [1.165, 1.54) is 12.8 Å². The average Bonchev–Trinajstić information content (AvgIpc) is 2.73. The van der Waals surface area contributed by atoms with Gasteiger partial charge in [-0.25, -0.2) is 4.79 Å². The topological polar surface area (TPSA) is 72.8 Å². The molecule has 1 atom stereocenters. The minimum absolute atomic E-state index is 0.0487. The van der Waals surface area contributed by atoms with Gasteiger partial charge < -0.3 is 14.6 Å². The maximum atomic E-state index is 10.9. The molecular weight excluding hydrogens is 212 g/mol.